The van der Waals surface area contributed by atoms with Crippen molar-refractivity contribution >= 4 is 29.3 Å². The molecule has 2 saturated carbocycles. The largest absolute Gasteiger partial charge is 0.461 e. The molecule has 2 atom stereocenters. The Labute approximate surface area is 154 Å². The van der Waals surface area contributed by atoms with E-state index in [-0.39, 0.29) is 18.3 Å². The van der Waals surface area contributed by atoms with E-state index in [1.165, 1.54) is 19.3 Å². The van der Waals surface area contributed by atoms with Crippen molar-refractivity contribution in [3.8, 4) is 0 Å². The Morgan fingerprint density at radius 2 is 1.92 bits per heavy atom. The van der Waals surface area contributed by atoms with Gasteiger partial charge in [-0.15, -0.1) is 12.4 Å². The van der Waals surface area contributed by atoms with Crippen LogP contribution in [0.3, 0.4) is 0 Å². The molecule has 2 fully saturated rings. The van der Waals surface area contributed by atoms with E-state index in [0.717, 1.165) is 29.6 Å². The highest BCUT2D eigenvalue weighted by Gasteiger charge is 2.39. The van der Waals surface area contributed by atoms with E-state index in [0.29, 0.717) is 36.8 Å². The van der Waals surface area contributed by atoms with Gasteiger partial charge in [0.2, 0.25) is 5.91 Å². The second-order valence-electron chi connectivity index (χ2n) is 7.53. The SMILES string of the molecule is Cl.NC1CC2CCCC(C1)C2NC(=O)CCc1cc2ccccc2o1. The lowest BCUT2D eigenvalue weighted by Crippen LogP contribution is -2.53. The summed E-state index contributed by atoms with van der Waals surface area (Å²) in [5.41, 5.74) is 7.06. The first kappa shape index (κ1) is 18.3. The number of amides is 1. The molecule has 1 aromatic carbocycles. The molecule has 2 aliphatic rings. The van der Waals surface area contributed by atoms with Crippen LogP contribution in [0.15, 0.2) is 34.7 Å². The number of fused-ring (bicyclic) bond motifs is 3. The van der Waals surface area contributed by atoms with Crippen LogP contribution in [0.2, 0.25) is 0 Å². The smallest absolute Gasteiger partial charge is 0.220 e. The van der Waals surface area contributed by atoms with Gasteiger partial charge in [0, 0.05) is 30.3 Å². The van der Waals surface area contributed by atoms with Crippen molar-refractivity contribution < 1.29 is 9.21 Å². The standard InChI is InChI=1S/C20H26N2O2.ClH/c21-16-10-14-5-3-6-15(11-16)20(14)22-19(23)9-8-17-12-13-4-1-2-7-18(13)24-17;/h1-2,4,7,12,14-16,20H,3,5-6,8-11,21H2,(H,22,23);1H. The van der Waals surface area contributed by atoms with Crippen LogP contribution in [0.4, 0.5) is 0 Å². The molecule has 25 heavy (non-hydrogen) atoms. The summed E-state index contributed by atoms with van der Waals surface area (Å²) < 4.78 is 5.80. The Hall–Kier alpha value is -1.52. The maximum Gasteiger partial charge on any atom is 0.220 e. The van der Waals surface area contributed by atoms with Gasteiger partial charge in [0.05, 0.1) is 0 Å². The highest BCUT2D eigenvalue weighted by atomic mass is 35.5. The first-order chi connectivity index (χ1) is 11.7. The fraction of sp³-hybridized carbons (Fsp3) is 0.550. The number of hydrogen-bond donors (Lipinski definition) is 2. The number of furan rings is 1. The highest BCUT2D eigenvalue weighted by Crippen LogP contribution is 2.39. The second-order valence-corrected chi connectivity index (χ2v) is 7.53. The van der Waals surface area contributed by atoms with Crippen molar-refractivity contribution in [2.45, 2.75) is 57.0 Å². The number of halogens is 1. The zero-order valence-electron chi connectivity index (χ0n) is 14.4. The number of hydrogen-bond acceptors (Lipinski definition) is 3. The number of benzene rings is 1. The third-order valence-electron chi connectivity index (χ3n) is 5.78. The van der Waals surface area contributed by atoms with Gasteiger partial charge in [-0.1, -0.05) is 24.6 Å². The van der Waals surface area contributed by atoms with Gasteiger partial charge in [-0.2, -0.15) is 0 Å². The van der Waals surface area contributed by atoms with E-state index >= 15 is 0 Å². The van der Waals surface area contributed by atoms with Gasteiger partial charge >= 0.3 is 0 Å². The molecule has 0 aliphatic heterocycles. The van der Waals surface area contributed by atoms with Gasteiger partial charge in [0.15, 0.2) is 0 Å². The van der Waals surface area contributed by atoms with Crippen molar-refractivity contribution in [2.75, 3.05) is 0 Å². The molecule has 4 nitrogen and oxygen atoms in total. The van der Waals surface area contributed by atoms with Gasteiger partial charge < -0.3 is 15.5 Å². The molecule has 5 heteroatoms. The van der Waals surface area contributed by atoms with Crippen LogP contribution in [-0.2, 0) is 11.2 Å². The number of para-hydroxylation sites is 1. The maximum atomic E-state index is 12.4. The van der Waals surface area contributed by atoms with E-state index in [2.05, 4.69) is 5.32 Å². The summed E-state index contributed by atoms with van der Waals surface area (Å²) in [6.45, 7) is 0. The van der Waals surface area contributed by atoms with Crippen molar-refractivity contribution in [1.82, 2.24) is 5.32 Å². The molecule has 4 rings (SSSR count). The molecule has 0 spiro atoms. The van der Waals surface area contributed by atoms with Crippen LogP contribution >= 0.6 is 12.4 Å². The zero-order chi connectivity index (χ0) is 16.5. The highest BCUT2D eigenvalue weighted by molar-refractivity contribution is 5.85. The molecule has 1 aromatic heterocycles. The number of carbonyl (C=O) groups excluding carboxylic acids is 1. The van der Waals surface area contributed by atoms with E-state index < -0.39 is 0 Å². The van der Waals surface area contributed by atoms with Gasteiger partial charge in [-0.3, -0.25) is 4.79 Å². The monoisotopic (exact) mass is 362 g/mol. The minimum Gasteiger partial charge on any atom is -0.461 e. The molecule has 2 unspecified atom stereocenters. The third-order valence-corrected chi connectivity index (χ3v) is 5.78. The summed E-state index contributed by atoms with van der Waals surface area (Å²) in [5.74, 6) is 2.18. The molecule has 2 bridgehead atoms. The van der Waals surface area contributed by atoms with E-state index in [9.17, 15) is 4.79 Å². The van der Waals surface area contributed by atoms with Crippen molar-refractivity contribution in [2.24, 2.45) is 17.6 Å². The lowest BCUT2D eigenvalue weighted by Gasteiger charge is -2.45. The first-order valence-electron chi connectivity index (χ1n) is 9.21. The number of aryl methyl sites for hydroxylation is 1. The van der Waals surface area contributed by atoms with Gasteiger partial charge in [-0.25, -0.2) is 0 Å². The quantitative estimate of drug-likeness (QED) is 0.868. The van der Waals surface area contributed by atoms with E-state index in [4.69, 9.17) is 10.2 Å². The molecule has 0 radical (unpaired) electrons. The number of nitrogens with one attached hydrogen (secondary N) is 1. The molecule has 2 aliphatic carbocycles. The molecular weight excluding hydrogens is 336 g/mol. The number of rotatable bonds is 4. The third kappa shape index (κ3) is 4.01. The van der Waals surface area contributed by atoms with Crippen LogP contribution in [-0.4, -0.2) is 18.0 Å². The van der Waals surface area contributed by atoms with Gasteiger partial charge in [-0.05, 0) is 49.7 Å². The topological polar surface area (TPSA) is 68.3 Å². The molecular formula is C20H27ClN2O2. The van der Waals surface area contributed by atoms with Crippen molar-refractivity contribution in [1.29, 1.82) is 0 Å². The summed E-state index contributed by atoms with van der Waals surface area (Å²) in [6, 6.07) is 10.7. The Kier molecular flexibility index (Phi) is 5.70. The summed E-state index contributed by atoms with van der Waals surface area (Å²) in [7, 11) is 0. The molecule has 136 valence electrons. The van der Waals surface area contributed by atoms with Gasteiger partial charge in [0.25, 0.3) is 0 Å². The number of carbonyl (C=O) groups is 1. The lowest BCUT2D eigenvalue weighted by molar-refractivity contribution is -0.123. The first-order valence-corrected chi connectivity index (χ1v) is 9.21. The average molecular weight is 363 g/mol. The van der Waals surface area contributed by atoms with E-state index in [1.54, 1.807) is 0 Å². The number of nitrogens with two attached hydrogens (primary N) is 1. The van der Waals surface area contributed by atoms with Crippen LogP contribution in [0, 0.1) is 11.8 Å². The summed E-state index contributed by atoms with van der Waals surface area (Å²) >= 11 is 0. The molecule has 3 N–H and O–H groups in total. The van der Waals surface area contributed by atoms with Crippen LogP contribution < -0.4 is 11.1 Å². The molecule has 1 amide bonds. The van der Waals surface area contributed by atoms with Crippen LogP contribution in [0.25, 0.3) is 11.0 Å². The second kappa shape index (κ2) is 7.79. The molecule has 0 saturated heterocycles. The predicted octanol–water partition coefficient (Wildman–Crippen LogP) is 3.81. The molecule has 1 heterocycles. The summed E-state index contributed by atoms with van der Waals surface area (Å²) in [5, 5.41) is 4.41. The van der Waals surface area contributed by atoms with Crippen molar-refractivity contribution in [3.05, 3.63) is 36.1 Å². The Balaban J connectivity index is 0.00000182. The normalized spacial score (nSPS) is 28.4. The summed E-state index contributed by atoms with van der Waals surface area (Å²) in [4.78, 5) is 12.4. The fourth-order valence-electron chi connectivity index (χ4n) is 4.68. The van der Waals surface area contributed by atoms with Gasteiger partial charge in [0.1, 0.15) is 11.3 Å². The average Bonchev–Trinajstić information content (AvgIpc) is 2.97. The lowest BCUT2D eigenvalue weighted by atomic mass is 9.67. The van der Waals surface area contributed by atoms with Crippen LogP contribution in [0.5, 0.6) is 0 Å². The fourth-order valence-corrected chi connectivity index (χ4v) is 4.68. The summed E-state index contributed by atoms with van der Waals surface area (Å²) in [6.07, 6.45) is 6.96. The zero-order valence-corrected chi connectivity index (χ0v) is 15.3. The maximum absolute atomic E-state index is 12.4. The van der Waals surface area contributed by atoms with Crippen LogP contribution in [0.1, 0.15) is 44.3 Å². The van der Waals surface area contributed by atoms with E-state index in [1.807, 2.05) is 30.3 Å². The Morgan fingerprint density at radius 3 is 2.64 bits per heavy atom. The predicted molar refractivity (Wildman–Crippen MR) is 102 cm³/mol. The van der Waals surface area contributed by atoms with Crippen molar-refractivity contribution in [3.63, 3.8) is 0 Å². The Morgan fingerprint density at radius 1 is 1.20 bits per heavy atom. The Bertz CT molecular complexity index is 682. The minimum absolute atomic E-state index is 0. The molecule has 2 aromatic rings. The minimum atomic E-state index is 0.